The number of carbonyl (C=O) groups is 1. The van der Waals surface area contributed by atoms with Gasteiger partial charge in [-0.05, 0) is 44.4 Å². The summed E-state index contributed by atoms with van der Waals surface area (Å²) in [7, 11) is 0. The Kier molecular flexibility index (Phi) is 6.56. The first-order valence-electron chi connectivity index (χ1n) is 9.98. The number of nitrogens with one attached hydrogen (secondary N) is 1. The summed E-state index contributed by atoms with van der Waals surface area (Å²) >= 11 is 0. The van der Waals surface area contributed by atoms with Gasteiger partial charge >= 0.3 is 0 Å². The van der Waals surface area contributed by atoms with Gasteiger partial charge in [-0.25, -0.2) is 0 Å². The van der Waals surface area contributed by atoms with Crippen molar-refractivity contribution in [3.8, 4) is 11.8 Å². The van der Waals surface area contributed by atoms with Crippen LogP contribution in [0.25, 0.3) is 0 Å². The lowest BCUT2D eigenvalue weighted by atomic mass is 10.00. The van der Waals surface area contributed by atoms with Crippen LogP contribution < -0.4 is 10.1 Å². The van der Waals surface area contributed by atoms with Crippen LogP contribution in [-0.2, 0) is 17.8 Å². The van der Waals surface area contributed by atoms with Gasteiger partial charge in [0.1, 0.15) is 17.4 Å². The van der Waals surface area contributed by atoms with Gasteiger partial charge in [0.25, 0.3) is 5.91 Å². The third kappa shape index (κ3) is 4.97. The van der Waals surface area contributed by atoms with E-state index in [0.29, 0.717) is 13.2 Å². The third-order valence-corrected chi connectivity index (χ3v) is 5.12. The number of carbonyl (C=O) groups excluding carboxylic acids is 1. The lowest BCUT2D eigenvalue weighted by molar-refractivity contribution is -0.117. The molecule has 0 saturated carbocycles. The molecule has 150 valence electrons. The molecule has 5 nitrogen and oxygen atoms in total. The van der Waals surface area contributed by atoms with E-state index < -0.39 is 0 Å². The van der Waals surface area contributed by atoms with Crippen molar-refractivity contribution in [1.82, 2.24) is 10.2 Å². The van der Waals surface area contributed by atoms with E-state index in [0.717, 1.165) is 29.8 Å². The van der Waals surface area contributed by atoms with Gasteiger partial charge in [-0.2, -0.15) is 5.26 Å². The van der Waals surface area contributed by atoms with Crippen molar-refractivity contribution in [2.75, 3.05) is 13.2 Å². The largest absolute Gasteiger partial charge is 0.494 e. The molecule has 0 bridgehead atoms. The Hall–Kier alpha value is -3.26. The highest BCUT2D eigenvalue weighted by Crippen LogP contribution is 2.27. The Morgan fingerprint density at radius 1 is 1.31 bits per heavy atom. The molecule has 1 amide bonds. The monoisotopic (exact) mass is 389 g/mol. The van der Waals surface area contributed by atoms with Gasteiger partial charge in [0.05, 0.1) is 12.6 Å². The van der Waals surface area contributed by atoms with Crippen LogP contribution in [0.1, 0.15) is 42.1 Å². The number of hydrogen-bond donors (Lipinski definition) is 1. The van der Waals surface area contributed by atoms with Gasteiger partial charge in [0.15, 0.2) is 0 Å². The Balaban J connectivity index is 1.73. The molecule has 2 aromatic carbocycles. The van der Waals surface area contributed by atoms with E-state index in [4.69, 9.17) is 4.74 Å². The third-order valence-electron chi connectivity index (χ3n) is 5.12. The van der Waals surface area contributed by atoms with E-state index in [2.05, 4.69) is 23.5 Å². The van der Waals surface area contributed by atoms with Crippen LogP contribution in [-0.4, -0.2) is 24.0 Å². The molecular formula is C24H27N3O2. The van der Waals surface area contributed by atoms with Crippen molar-refractivity contribution in [2.45, 2.75) is 39.8 Å². The van der Waals surface area contributed by atoms with Gasteiger partial charge in [-0.3, -0.25) is 4.79 Å². The van der Waals surface area contributed by atoms with Crippen LogP contribution in [0, 0.1) is 18.3 Å². The fraction of sp³-hybridized carbons (Fsp3) is 0.333. The van der Waals surface area contributed by atoms with Crippen LogP contribution in [0.2, 0.25) is 0 Å². The number of benzene rings is 2. The highest BCUT2D eigenvalue weighted by Gasteiger charge is 2.19. The maximum absolute atomic E-state index is 12.8. The standard InChI is InChI=1S/C24H27N3O2/c1-4-29-23-10-9-17(2)13-22(23)18(3)26-24(28)21(14-25)16-27-12-11-19-7-5-6-8-20(19)15-27/h5-10,13,16,18H,4,11-12,15H2,1-3H3,(H,26,28)/b21-16-. The van der Waals surface area contributed by atoms with Crippen molar-refractivity contribution in [3.05, 3.63) is 76.5 Å². The average Bonchev–Trinajstić information content (AvgIpc) is 2.73. The summed E-state index contributed by atoms with van der Waals surface area (Å²) in [6.07, 6.45) is 2.59. The Morgan fingerprint density at radius 3 is 2.79 bits per heavy atom. The molecular weight excluding hydrogens is 362 g/mol. The van der Waals surface area contributed by atoms with E-state index in [-0.39, 0.29) is 17.5 Å². The molecule has 1 heterocycles. The van der Waals surface area contributed by atoms with Gasteiger partial charge in [-0.15, -0.1) is 0 Å². The zero-order chi connectivity index (χ0) is 20.8. The predicted octanol–water partition coefficient (Wildman–Crippen LogP) is 4.04. The fourth-order valence-electron chi connectivity index (χ4n) is 3.59. The first kappa shape index (κ1) is 20.5. The summed E-state index contributed by atoms with van der Waals surface area (Å²) in [5.74, 6) is 0.379. The molecule has 5 heteroatoms. The van der Waals surface area contributed by atoms with Crippen LogP contribution in [0.4, 0.5) is 0 Å². The second kappa shape index (κ2) is 9.29. The van der Waals surface area contributed by atoms with Crippen molar-refractivity contribution in [3.63, 3.8) is 0 Å². The van der Waals surface area contributed by atoms with Crippen LogP contribution >= 0.6 is 0 Å². The number of nitrogens with zero attached hydrogens (tertiary/aromatic N) is 2. The van der Waals surface area contributed by atoms with E-state index >= 15 is 0 Å². The van der Waals surface area contributed by atoms with E-state index in [1.807, 2.05) is 56.0 Å². The number of aryl methyl sites for hydroxylation is 1. The number of ether oxygens (including phenoxy) is 1. The summed E-state index contributed by atoms with van der Waals surface area (Å²) < 4.78 is 5.70. The van der Waals surface area contributed by atoms with E-state index in [1.165, 1.54) is 11.1 Å². The average molecular weight is 389 g/mol. The van der Waals surface area contributed by atoms with E-state index in [1.54, 1.807) is 6.20 Å². The summed E-state index contributed by atoms with van der Waals surface area (Å²) in [5, 5.41) is 12.5. The smallest absolute Gasteiger partial charge is 0.263 e. The van der Waals surface area contributed by atoms with Gasteiger partial charge in [0, 0.05) is 24.9 Å². The highest BCUT2D eigenvalue weighted by molar-refractivity contribution is 5.97. The van der Waals surface area contributed by atoms with Crippen LogP contribution in [0.5, 0.6) is 5.75 Å². The number of fused-ring (bicyclic) bond motifs is 1. The molecule has 0 radical (unpaired) electrons. The maximum Gasteiger partial charge on any atom is 0.263 e. The molecule has 1 aliphatic rings. The maximum atomic E-state index is 12.8. The Labute approximate surface area is 172 Å². The summed E-state index contributed by atoms with van der Waals surface area (Å²) in [6.45, 7) is 7.88. The molecule has 1 aliphatic heterocycles. The first-order chi connectivity index (χ1) is 14.0. The number of amides is 1. The first-order valence-corrected chi connectivity index (χ1v) is 9.98. The molecule has 1 unspecified atom stereocenters. The van der Waals surface area contributed by atoms with Gasteiger partial charge in [-0.1, -0.05) is 42.0 Å². The minimum absolute atomic E-state index is 0.113. The molecule has 0 aromatic heterocycles. The van der Waals surface area contributed by atoms with Crippen molar-refractivity contribution < 1.29 is 9.53 Å². The SMILES string of the molecule is CCOc1ccc(C)cc1C(C)NC(=O)/C(C#N)=C\N1CCc2ccccc2C1. The normalized spacial score (nSPS) is 14.6. The topological polar surface area (TPSA) is 65.4 Å². The fourth-order valence-corrected chi connectivity index (χ4v) is 3.59. The minimum atomic E-state index is -0.372. The second-order valence-electron chi connectivity index (χ2n) is 7.31. The summed E-state index contributed by atoms with van der Waals surface area (Å²) in [6, 6.07) is 16.0. The minimum Gasteiger partial charge on any atom is -0.494 e. The number of hydrogen-bond acceptors (Lipinski definition) is 4. The van der Waals surface area contributed by atoms with Crippen molar-refractivity contribution >= 4 is 5.91 Å². The zero-order valence-corrected chi connectivity index (χ0v) is 17.2. The number of rotatable bonds is 6. The molecule has 2 aromatic rings. The van der Waals surface area contributed by atoms with Gasteiger partial charge in [0.2, 0.25) is 0 Å². The Morgan fingerprint density at radius 2 is 2.07 bits per heavy atom. The summed E-state index contributed by atoms with van der Waals surface area (Å²) in [4.78, 5) is 14.8. The molecule has 3 rings (SSSR count). The van der Waals surface area contributed by atoms with Crippen molar-refractivity contribution in [2.24, 2.45) is 0 Å². The Bertz CT molecular complexity index is 959. The number of nitriles is 1. The molecule has 29 heavy (non-hydrogen) atoms. The van der Waals surface area contributed by atoms with Gasteiger partial charge < -0.3 is 15.0 Å². The highest BCUT2D eigenvalue weighted by atomic mass is 16.5. The van der Waals surface area contributed by atoms with Crippen LogP contribution in [0.3, 0.4) is 0 Å². The van der Waals surface area contributed by atoms with E-state index in [9.17, 15) is 10.1 Å². The zero-order valence-electron chi connectivity index (χ0n) is 17.2. The molecule has 0 fully saturated rings. The summed E-state index contributed by atoms with van der Waals surface area (Å²) in [5.41, 5.74) is 4.68. The lowest BCUT2D eigenvalue weighted by Gasteiger charge is -2.28. The second-order valence-corrected chi connectivity index (χ2v) is 7.31. The molecule has 0 aliphatic carbocycles. The molecule has 0 spiro atoms. The predicted molar refractivity (Wildman–Crippen MR) is 113 cm³/mol. The lowest BCUT2D eigenvalue weighted by Crippen LogP contribution is -2.31. The van der Waals surface area contributed by atoms with Crippen molar-refractivity contribution in [1.29, 1.82) is 5.26 Å². The molecule has 1 N–H and O–H groups in total. The molecule has 0 saturated heterocycles. The van der Waals surface area contributed by atoms with Crippen LogP contribution in [0.15, 0.2) is 54.2 Å². The quantitative estimate of drug-likeness (QED) is 0.598. The molecule has 1 atom stereocenters.